The van der Waals surface area contributed by atoms with Gasteiger partial charge in [0, 0.05) is 22.8 Å². The summed E-state index contributed by atoms with van der Waals surface area (Å²) < 4.78 is 4.96. The highest BCUT2D eigenvalue weighted by Gasteiger charge is 2.10. The lowest BCUT2D eigenvalue weighted by atomic mass is 10.3. The predicted molar refractivity (Wildman–Crippen MR) is 86.0 cm³/mol. The highest BCUT2D eigenvalue weighted by molar-refractivity contribution is 6.30. The molecule has 7 nitrogen and oxygen atoms in total. The molecule has 0 saturated heterocycles. The van der Waals surface area contributed by atoms with Crippen LogP contribution in [0.2, 0.25) is 5.02 Å². The molecular weight excluding hydrogens is 318 g/mol. The first-order chi connectivity index (χ1) is 11.1. The molecule has 0 saturated carbocycles. The number of aromatic nitrogens is 3. The van der Waals surface area contributed by atoms with Gasteiger partial charge in [-0.3, -0.25) is 4.79 Å². The Balaban J connectivity index is 1.73. The van der Waals surface area contributed by atoms with Gasteiger partial charge in [-0.2, -0.15) is 0 Å². The van der Waals surface area contributed by atoms with Crippen molar-refractivity contribution in [2.45, 2.75) is 6.92 Å². The maximum Gasteiger partial charge on any atom is 0.274 e. The Morgan fingerprint density at radius 1 is 1.13 bits per heavy atom. The summed E-state index contributed by atoms with van der Waals surface area (Å²) in [5, 5.41) is 10.1. The summed E-state index contributed by atoms with van der Waals surface area (Å²) in [5.74, 6) is 1.26. The number of aryl methyl sites for hydroxylation is 1. The van der Waals surface area contributed by atoms with Crippen molar-refractivity contribution in [3.05, 3.63) is 59.2 Å². The Hall–Kier alpha value is -2.93. The van der Waals surface area contributed by atoms with Crippen LogP contribution in [0.15, 0.2) is 47.2 Å². The van der Waals surface area contributed by atoms with E-state index in [1.54, 1.807) is 37.3 Å². The normalized spacial score (nSPS) is 10.3. The summed E-state index contributed by atoms with van der Waals surface area (Å²) in [6, 6.07) is 10.0. The van der Waals surface area contributed by atoms with E-state index in [-0.39, 0.29) is 11.6 Å². The van der Waals surface area contributed by atoms with Gasteiger partial charge >= 0.3 is 0 Å². The number of carbonyl (C=O) groups is 1. The minimum atomic E-state index is -0.353. The number of benzene rings is 1. The Bertz CT molecular complexity index is 832. The van der Waals surface area contributed by atoms with E-state index in [1.165, 1.54) is 12.4 Å². The fourth-order valence-corrected chi connectivity index (χ4v) is 1.96. The molecule has 0 aliphatic heterocycles. The maximum atomic E-state index is 12.2. The van der Waals surface area contributed by atoms with E-state index in [4.69, 9.17) is 16.1 Å². The molecule has 0 aliphatic carbocycles. The molecule has 2 aromatic heterocycles. The second-order valence-corrected chi connectivity index (χ2v) is 5.13. The summed E-state index contributed by atoms with van der Waals surface area (Å²) in [5.41, 5.74) is 0.845. The molecule has 0 fully saturated rings. The van der Waals surface area contributed by atoms with E-state index in [9.17, 15) is 4.79 Å². The zero-order chi connectivity index (χ0) is 16.2. The number of halogens is 1. The molecule has 0 spiro atoms. The Morgan fingerprint density at radius 3 is 2.61 bits per heavy atom. The molecule has 0 aliphatic rings. The number of nitrogens with zero attached hydrogens (tertiary/aromatic N) is 3. The molecule has 1 aromatic carbocycles. The summed E-state index contributed by atoms with van der Waals surface area (Å²) in [6.07, 6.45) is 1.30. The van der Waals surface area contributed by atoms with E-state index >= 15 is 0 Å². The van der Waals surface area contributed by atoms with Gasteiger partial charge in [0.05, 0.1) is 0 Å². The molecule has 2 N–H and O–H groups in total. The average Bonchev–Trinajstić information content (AvgIpc) is 2.95. The first-order valence-electron chi connectivity index (χ1n) is 6.69. The van der Waals surface area contributed by atoms with Gasteiger partial charge in [0.25, 0.3) is 5.91 Å². The standard InChI is InChI=1S/C15H12ClN5O2/c1-9-6-14(21-23-9)20-13-7-12(17-8-18-13)15(22)19-11-4-2-10(16)3-5-11/h2-8H,1H3,(H,19,22)(H,17,18,20,21). The first-order valence-corrected chi connectivity index (χ1v) is 7.07. The smallest absolute Gasteiger partial charge is 0.274 e. The number of hydrogen-bond acceptors (Lipinski definition) is 6. The maximum absolute atomic E-state index is 12.2. The highest BCUT2D eigenvalue weighted by Crippen LogP contribution is 2.16. The average molecular weight is 330 g/mol. The van der Waals surface area contributed by atoms with Crippen molar-refractivity contribution in [3.8, 4) is 0 Å². The van der Waals surface area contributed by atoms with E-state index in [2.05, 4.69) is 25.8 Å². The van der Waals surface area contributed by atoms with Crippen LogP contribution in [0.1, 0.15) is 16.2 Å². The van der Waals surface area contributed by atoms with Crippen LogP contribution in [0.25, 0.3) is 0 Å². The van der Waals surface area contributed by atoms with Crippen LogP contribution >= 0.6 is 11.6 Å². The number of hydrogen-bond donors (Lipinski definition) is 2. The van der Waals surface area contributed by atoms with E-state index < -0.39 is 0 Å². The largest absolute Gasteiger partial charge is 0.360 e. The molecule has 23 heavy (non-hydrogen) atoms. The van der Waals surface area contributed by atoms with Crippen LogP contribution in [-0.2, 0) is 0 Å². The number of anilines is 3. The van der Waals surface area contributed by atoms with E-state index in [0.29, 0.717) is 28.1 Å². The van der Waals surface area contributed by atoms with E-state index in [0.717, 1.165) is 0 Å². The molecule has 0 atom stereocenters. The van der Waals surface area contributed by atoms with Crippen LogP contribution < -0.4 is 10.6 Å². The van der Waals surface area contributed by atoms with E-state index in [1.807, 2.05) is 0 Å². The fourth-order valence-electron chi connectivity index (χ4n) is 1.83. The van der Waals surface area contributed by atoms with Crippen molar-refractivity contribution < 1.29 is 9.32 Å². The molecule has 3 rings (SSSR count). The van der Waals surface area contributed by atoms with Crippen molar-refractivity contribution in [1.82, 2.24) is 15.1 Å². The van der Waals surface area contributed by atoms with Crippen LogP contribution in [0.3, 0.4) is 0 Å². The SMILES string of the molecule is Cc1cc(Nc2cc(C(=O)Nc3ccc(Cl)cc3)ncn2)no1. The lowest BCUT2D eigenvalue weighted by molar-refractivity contribution is 0.102. The quantitative estimate of drug-likeness (QED) is 0.761. The van der Waals surface area contributed by atoms with Crippen molar-refractivity contribution in [3.63, 3.8) is 0 Å². The molecule has 0 bridgehead atoms. The zero-order valence-electron chi connectivity index (χ0n) is 12.1. The zero-order valence-corrected chi connectivity index (χ0v) is 12.8. The molecule has 0 unspecified atom stereocenters. The molecule has 1 amide bonds. The van der Waals surface area contributed by atoms with Crippen LogP contribution in [-0.4, -0.2) is 21.0 Å². The summed E-state index contributed by atoms with van der Waals surface area (Å²) >= 11 is 5.81. The third kappa shape index (κ3) is 3.83. The highest BCUT2D eigenvalue weighted by atomic mass is 35.5. The fraction of sp³-hybridized carbons (Fsp3) is 0.0667. The van der Waals surface area contributed by atoms with Gasteiger partial charge in [-0.05, 0) is 31.2 Å². The first kappa shape index (κ1) is 15.0. The summed E-state index contributed by atoms with van der Waals surface area (Å²) in [6.45, 7) is 1.78. The molecular formula is C15H12ClN5O2. The lowest BCUT2D eigenvalue weighted by Crippen LogP contribution is -2.14. The Kier molecular flexibility index (Phi) is 4.20. The van der Waals surface area contributed by atoms with Crippen molar-refractivity contribution in [2.24, 2.45) is 0 Å². The van der Waals surface area contributed by atoms with Gasteiger partial charge in [0.1, 0.15) is 23.6 Å². The molecule has 2 heterocycles. The third-order valence-electron chi connectivity index (χ3n) is 2.89. The number of carbonyl (C=O) groups excluding carboxylic acids is 1. The minimum Gasteiger partial charge on any atom is -0.360 e. The second kappa shape index (κ2) is 6.45. The Morgan fingerprint density at radius 2 is 1.91 bits per heavy atom. The molecule has 116 valence electrons. The molecule has 3 aromatic rings. The molecule has 0 radical (unpaired) electrons. The van der Waals surface area contributed by atoms with Crippen molar-refractivity contribution in [2.75, 3.05) is 10.6 Å². The second-order valence-electron chi connectivity index (χ2n) is 4.70. The van der Waals surface area contributed by atoms with Crippen LogP contribution in [0.4, 0.5) is 17.3 Å². The number of rotatable bonds is 4. The van der Waals surface area contributed by atoms with Crippen LogP contribution in [0, 0.1) is 6.92 Å². The van der Waals surface area contributed by atoms with Gasteiger partial charge in [0.2, 0.25) is 0 Å². The topological polar surface area (TPSA) is 92.9 Å². The van der Waals surface area contributed by atoms with Gasteiger partial charge in [-0.1, -0.05) is 16.8 Å². The predicted octanol–water partition coefficient (Wildman–Crippen LogP) is 3.42. The van der Waals surface area contributed by atoms with Gasteiger partial charge < -0.3 is 15.2 Å². The summed E-state index contributed by atoms with van der Waals surface area (Å²) in [7, 11) is 0. The number of nitrogens with one attached hydrogen (secondary N) is 2. The van der Waals surface area contributed by atoms with Crippen molar-refractivity contribution >= 4 is 34.8 Å². The van der Waals surface area contributed by atoms with Gasteiger partial charge in [-0.15, -0.1) is 0 Å². The monoisotopic (exact) mass is 329 g/mol. The van der Waals surface area contributed by atoms with Crippen LogP contribution in [0.5, 0.6) is 0 Å². The van der Waals surface area contributed by atoms with Crippen molar-refractivity contribution in [1.29, 1.82) is 0 Å². The third-order valence-corrected chi connectivity index (χ3v) is 3.14. The number of amides is 1. The van der Waals surface area contributed by atoms with Gasteiger partial charge in [-0.25, -0.2) is 9.97 Å². The lowest BCUT2D eigenvalue weighted by Gasteiger charge is -2.06. The summed E-state index contributed by atoms with van der Waals surface area (Å²) in [4.78, 5) is 20.2. The van der Waals surface area contributed by atoms with Gasteiger partial charge in [0.15, 0.2) is 5.82 Å². The minimum absolute atomic E-state index is 0.220. The Labute approximate surface area is 136 Å². The molecule has 8 heteroatoms.